The van der Waals surface area contributed by atoms with Gasteiger partial charge in [-0.25, -0.2) is 15.0 Å². The van der Waals surface area contributed by atoms with Crippen LogP contribution < -0.4 is 11.3 Å². The van der Waals surface area contributed by atoms with E-state index in [0.717, 1.165) is 30.3 Å². The zero-order chi connectivity index (χ0) is 13.7. The van der Waals surface area contributed by atoms with E-state index in [1.165, 1.54) is 0 Å². The Morgan fingerprint density at radius 1 is 1.37 bits per heavy atom. The van der Waals surface area contributed by atoms with Gasteiger partial charge in [0.25, 0.3) is 0 Å². The number of rotatable bonds is 6. The molecule has 0 aliphatic rings. The molecule has 0 saturated carbocycles. The van der Waals surface area contributed by atoms with Crippen molar-refractivity contribution in [2.75, 3.05) is 0 Å². The van der Waals surface area contributed by atoms with Gasteiger partial charge < -0.3 is 4.57 Å². The van der Waals surface area contributed by atoms with Crippen LogP contribution in [0.5, 0.6) is 0 Å². The van der Waals surface area contributed by atoms with Gasteiger partial charge in [0, 0.05) is 31.6 Å². The summed E-state index contributed by atoms with van der Waals surface area (Å²) in [5.74, 6) is 7.41. The first kappa shape index (κ1) is 13.6. The Hall–Kier alpha value is -1.79. The van der Waals surface area contributed by atoms with Crippen LogP contribution in [-0.4, -0.2) is 19.5 Å². The lowest BCUT2D eigenvalue weighted by molar-refractivity contribution is 0.505. The lowest BCUT2D eigenvalue weighted by atomic mass is 10.1. The topological polar surface area (TPSA) is 81.7 Å². The largest absolute Gasteiger partial charge is 0.335 e. The Kier molecular flexibility index (Phi) is 4.59. The molecule has 0 aliphatic heterocycles. The number of nitrogens with two attached hydrogens (primary N) is 1. The van der Waals surface area contributed by atoms with E-state index in [9.17, 15) is 0 Å². The minimum Gasteiger partial charge on any atom is -0.335 e. The molecule has 3 N–H and O–H groups in total. The Bertz CT molecular complexity index is 521. The monoisotopic (exact) mass is 260 g/mol. The van der Waals surface area contributed by atoms with Gasteiger partial charge in [0.05, 0.1) is 11.7 Å². The second-order valence-corrected chi connectivity index (χ2v) is 4.49. The van der Waals surface area contributed by atoms with Crippen molar-refractivity contribution in [1.29, 1.82) is 0 Å². The maximum Gasteiger partial charge on any atom is 0.125 e. The fourth-order valence-electron chi connectivity index (χ4n) is 2.07. The second kappa shape index (κ2) is 6.40. The molecule has 6 nitrogen and oxygen atoms in total. The fourth-order valence-corrected chi connectivity index (χ4v) is 2.07. The summed E-state index contributed by atoms with van der Waals surface area (Å²) in [6.45, 7) is 4.99. The first-order valence-corrected chi connectivity index (χ1v) is 6.50. The number of imidazole rings is 1. The van der Waals surface area contributed by atoms with Gasteiger partial charge in [-0.1, -0.05) is 6.92 Å². The predicted molar refractivity (Wildman–Crippen MR) is 73.1 cm³/mol. The zero-order valence-corrected chi connectivity index (χ0v) is 11.4. The molecule has 1 unspecified atom stereocenters. The molecule has 0 radical (unpaired) electrons. The Labute approximate surface area is 113 Å². The third-order valence-corrected chi connectivity index (χ3v) is 3.01. The van der Waals surface area contributed by atoms with E-state index in [0.29, 0.717) is 6.42 Å². The van der Waals surface area contributed by atoms with Crippen molar-refractivity contribution < 1.29 is 0 Å². The van der Waals surface area contributed by atoms with Gasteiger partial charge >= 0.3 is 0 Å². The molecule has 0 bridgehead atoms. The highest BCUT2D eigenvalue weighted by Crippen LogP contribution is 2.15. The van der Waals surface area contributed by atoms with E-state index >= 15 is 0 Å². The molecule has 0 amide bonds. The van der Waals surface area contributed by atoms with Crippen LogP contribution in [-0.2, 0) is 13.0 Å². The smallest absolute Gasteiger partial charge is 0.125 e. The Morgan fingerprint density at radius 3 is 2.89 bits per heavy atom. The quantitative estimate of drug-likeness (QED) is 0.601. The molecule has 0 aliphatic carbocycles. The van der Waals surface area contributed by atoms with E-state index < -0.39 is 0 Å². The number of hydrogen-bond acceptors (Lipinski definition) is 5. The molecule has 0 saturated heterocycles. The molecule has 6 heteroatoms. The van der Waals surface area contributed by atoms with Crippen LogP contribution in [0.25, 0.3) is 0 Å². The van der Waals surface area contributed by atoms with Crippen molar-refractivity contribution in [1.82, 2.24) is 24.9 Å². The van der Waals surface area contributed by atoms with Gasteiger partial charge in [-0.05, 0) is 19.4 Å². The van der Waals surface area contributed by atoms with Crippen LogP contribution in [0.15, 0.2) is 24.7 Å². The predicted octanol–water partition coefficient (Wildman–Crippen LogP) is 1.14. The summed E-state index contributed by atoms with van der Waals surface area (Å²) in [6, 6.07) is 1.82. The highest BCUT2D eigenvalue weighted by Gasteiger charge is 2.15. The van der Waals surface area contributed by atoms with Crippen LogP contribution in [0, 0.1) is 6.92 Å². The summed E-state index contributed by atoms with van der Waals surface area (Å²) in [4.78, 5) is 12.9. The third-order valence-electron chi connectivity index (χ3n) is 3.01. The highest BCUT2D eigenvalue weighted by atomic mass is 15.2. The van der Waals surface area contributed by atoms with Gasteiger partial charge in [0.15, 0.2) is 0 Å². The van der Waals surface area contributed by atoms with Crippen LogP contribution in [0.1, 0.15) is 36.7 Å². The van der Waals surface area contributed by atoms with Crippen molar-refractivity contribution in [3.8, 4) is 0 Å². The van der Waals surface area contributed by atoms with Gasteiger partial charge in [-0.2, -0.15) is 0 Å². The first-order valence-electron chi connectivity index (χ1n) is 6.50. The summed E-state index contributed by atoms with van der Waals surface area (Å²) >= 11 is 0. The van der Waals surface area contributed by atoms with Crippen LogP contribution in [0.3, 0.4) is 0 Å². The molecule has 19 heavy (non-hydrogen) atoms. The number of nitrogens with one attached hydrogen (secondary N) is 1. The third kappa shape index (κ3) is 3.36. The van der Waals surface area contributed by atoms with Crippen molar-refractivity contribution in [3.05, 3.63) is 42.0 Å². The number of nitrogens with zero attached hydrogens (tertiary/aromatic N) is 4. The van der Waals surface area contributed by atoms with Crippen molar-refractivity contribution >= 4 is 0 Å². The molecule has 0 fully saturated rings. The number of aryl methyl sites for hydroxylation is 2. The van der Waals surface area contributed by atoms with E-state index in [2.05, 4.69) is 31.9 Å². The summed E-state index contributed by atoms with van der Waals surface area (Å²) in [5.41, 5.74) is 3.70. The van der Waals surface area contributed by atoms with Crippen LogP contribution >= 0.6 is 0 Å². The average Bonchev–Trinajstić information content (AvgIpc) is 2.84. The highest BCUT2D eigenvalue weighted by molar-refractivity contribution is 5.10. The maximum atomic E-state index is 5.65. The summed E-state index contributed by atoms with van der Waals surface area (Å²) in [6.07, 6.45) is 7.36. The summed E-state index contributed by atoms with van der Waals surface area (Å²) < 4.78 is 2.15. The number of aromatic nitrogens is 4. The molecular formula is C13H20N6. The fraction of sp³-hybridized carbons (Fsp3) is 0.462. The Balaban J connectivity index is 2.17. The first-order chi connectivity index (χ1) is 9.24. The van der Waals surface area contributed by atoms with Crippen LogP contribution in [0.4, 0.5) is 0 Å². The zero-order valence-electron chi connectivity index (χ0n) is 11.4. The molecule has 0 aromatic carbocycles. The molecule has 2 aromatic heterocycles. The summed E-state index contributed by atoms with van der Waals surface area (Å²) in [7, 11) is 0. The molecule has 102 valence electrons. The molecule has 2 rings (SSSR count). The minimum atomic E-state index is -0.0558. The van der Waals surface area contributed by atoms with Crippen molar-refractivity contribution in [3.63, 3.8) is 0 Å². The lowest BCUT2D eigenvalue weighted by Gasteiger charge is -2.16. The summed E-state index contributed by atoms with van der Waals surface area (Å²) in [5, 5.41) is 0. The van der Waals surface area contributed by atoms with Crippen LogP contribution in [0.2, 0.25) is 0 Å². The molecule has 2 heterocycles. The van der Waals surface area contributed by atoms with Gasteiger partial charge in [-0.15, -0.1) is 0 Å². The van der Waals surface area contributed by atoms with Gasteiger partial charge in [0.1, 0.15) is 11.6 Å². The van der Waals surface area contributed by atoms with E-state index in [1.807, 2.05) is 25.4 Å². The standard InChI is InChI=1S/C13H20N6/c1-3-7-19-8-6-16-13(19)9-12(18-14)11-4-5-15-10(2)17-11/h4-6,8,12,18H,3,7,9,14H2,1-2H3. The van der Waals surface area contributed by atoms with E-state index in [4.69, 9.17) is 5.84 Å². The molecule has 0 spiro atoms. The minimum absolute atomic E-state index is 0.0558. The number of hydrazine groups is 1. The molecule has 1 atom stereocenters. The van der Waals surface area contributed by atoms with Gasteiger partial charge in [0.2, 0.25) is 0 Å². The SMILES string of the molecule is CCCn1ccnc1CC(NN)c1ccnc(C)n1. The van der Waals surface area contributed by atoms with E-state index in [-0.39, 0.29) is 6.04 Å². The van der Waals surface area contributed by atoms with Crippen molar-refractivity contribution in [2.24, 2.45) is 5.84 Å². The lowest BCUT2D eigenvalue weighted by Crippen LogP contribution is -2.31. The normalized spacial score (nSPS) is 12.6. The van der Waals surface area contributed by atoms with Gasteiger partial charge in [-0.3, -0.25) is 11.3 Å². The number of hydrogen-bond donors (Lipinski definition) is 2. The second-order valence-electron chi connectivity index (χ2n) is 4.49. The molecule has 2 aromatic rings. The average molecular weight is 260 g/mol. The van der Waals surface area contributed by atoms with E-state index in [1.54, 1.807) is 6.20 Å². The maximum absolute atomic E-state index is 5.65. The Morgan fingerprint density at radius 2 is 2.21 bits per heavy atom. The molecular weight excluding hydrogens is 240 g/mol. The van der Waals surface area contributed by atoms with Crippen molar-refractivity contribution in [2.45, 2.75) is 39.3 Å².